The maximum absolute atomic E-state index is 10.7. The molecule has 0 aromatic carbocycles. The fourth-order valence-corrected chi connectivity index (χ4v) is 0.986. The molecule has 0 fully saturated rings. The zero-order valence-electron chi connectivity index (χ0n) is 7.80. The Kier molecular flexibility index (Phi) is 2.17. The molecule has 12 heavy (non-hydrogen) atoms. The van der Waals surface area contributed by atoms with E-state index in [4.69, 9.17) is 0 Å². The SMILES string of the molecule is CC(=O)Nc1nc(C)c(C)n1C. The maximum atomic E-state index is 10.7. The zero-order chi connectivity index (χ0) is 9.30. The standard InChI is InChI=1S/C8H13N3O/c1-5-6(2)11(4)8(9-5)10-7(3)12/h1-4H3,(H,9,10,12). The van der Waals surface area contributed by atoms with Gasteiger partial charge in [0.05, 0.1) is 5.69 Å². The Morgan fingerprint density at radius 1 is 1.50 bits per heavy atom. The van der Waals surface area contributed by atoms with Crippen molar-refractivity contribution in [3.8, 4) is 0 Å². The van der Waals surface area contributed by atoms with E-state index in [2.05, 4.69) is 10.3 Å². The number of nitrogens with zero attached hydrogens (tertiary/aromatic N) is 2. The van der Waals surface area contributed by atoms with Crippen LogP contribution in [0, 0.1) is 13.8 Å². The van der Waals surface area contributed by atoms with Gasteiger partial charge in [0, 0.05) is 19.7 Å². The highest BCUT2D eigenvalue weighted by Crippen LogP contribution is 2.11. The van der Waals surface area contributed by atoms with E-state index in [1.807, 2.05) is 25.5 Å². The molecule has 4 nitrogen and oxygen atoms in total. The van der Waals surface area contributed by atoms with Crippen LogP contribution in [0.15, 0.2) is 0 Å². The third-order valence-corrected chi connectivity index (χ3v) is 1.91. The van der Waals surface area contributed by atoms with Crippen LogP contribution in [-0.2, 0) is 11.8 Å². The molecule has 0 aliphatic carbocycles. The lowest BCUT2D eigenvalue weighted by atomic mass is 10.4. The summed E-state index contributed by atoms with van der Waals surface area (Å²) < 4.78 is 1.86. The van der Waals surface area contributed by atoms with Crippen LogP contribution in [0.1, 0.15) is 18.3 Å². The van der Waals surface area contributed by atoms with Crippen LogP contribution in [0.25, 0.3) is 0 Å². The largest absolute Gasteiger partial charge is 0.317 e. The number of hydrogen-bond donors (Lipinski definition) is 1. The molecule has 1 aromatic heterocycles. The van der Waals surface area contributed by atoms with E-state index in [0.717, 1.165) is 11.4 Å². The third kappa shape index (κ3) is 1.47. The van der Waals surface area contributed by atoms with E-state index in [-0.39, 0.29) is 5.91 Å². The average Bonchev–Trinajstić information content (AvgIpc) is 2.17. The van der Waals surface area contributed by atoms with Gasteiger partial charge in [-0.2, -0.15) is 0 Å². The first-order valence-corrected chi connectivity index (χ1v) is 3.80. The minimum absolute atomic E-state index is 0.0944. The number of rotatable bonds is 1. The van der Waals surface area contributed by atoms with Crippen molar-refractivity contribution in [3.63, 3.8) is 0 Å². The van der Waals surface area contributed by atoms with Crippen LogP contribution >= 0.6 is 0 Å². The van der Waals surface area contributed by atoms with Crippen LogP contribution in [0.5, 0.6) is 0 Å². The lowest BCUT2D eigenvalue weighted by molar-refractivity contribution is -0.114. The summed E-state index contributed by atoms with van der Waals surface area (Å²) in [4.78, 5) is 14.9. The maximum Gasteiger partial charge on any atom is 0.223 e. The van der Waals surface area contributed by atoms with Gasteiger partial charge in [0.15, 0.2) is 0 Å². The van der Waals surface area contributed by atoms with Crippen LogP contribution in [-0.4, -0.2) is 15.5 Å². The first-order chi connectivity index (χ1) is 5.52. The highest BCUT2D eigenvalue weighted by molar-refractivity contribution is 5.86. The van der Waals surface area contributed by atoms with Gasteiger partial charge < -0.3 is 4.57 Å². The molecule has 66 valence electrons. The minimum atomic E-state index is -0.0944. The van der Waals surface area contributed by atoms with E-state index in [1.165, 1.54) is 6.92 Å². The second-order valence-corrected chi connectivity index (χ2v) is 2.85. The lowest BCUT2D eigenvalue weighted by Crippen LogP contribution is -2.10. The van der Waals surface area contributed by atoms with E-state index in [1.54, 1.807) is 0 Å². The number of imidazole rings is 1. The second-order valence-electron chi connectivity index (χ2n) is 2.85. The topological polar surface area (TPSA) is 46.9 Å². The number of carbonyl (C=O) groups excluding carboxylic acids is 1. The van der Waals surface area contributed by atoms with E-state index in [9.17, 15) is 4.79 Å². The van der Waals surface area contributed by atoms with Crippen molar-refractivity contribution in [2.24, 2.45) is 7.05 Å². The van der Waals surface area contributed by atoms with Crippen LogP contribution < -0.4 is 5.32 Å². The molecule has 4 heteroatoms. The minimum Gasteiger partial charge on any atom is -0.317 e. The molecule has 0 radical (unpaired) electrons. The van der Waals surface area contributed by atoms with Gasteiger partial charge >= 0.3 is 0 Å². The molecule has 0 spiro atoms. The molecule has 0 aliphatic heterocycles. The van der Waals surface area contributed by atoms with Gasteiger partial charge in [-0.25, -0.2) is 4.98 Å². The van der Waals surface area contributed by atoms with Crippen molar-refractivity contribution >= 4 is 11.9 Å². The molecule has 1 aromatic rings. The molecular weight excluding hydrogens is 154 g/mol. The Hall–Kier alpha value is -1.32. The molecule has 0 unspecified atom stereocenters. The summed E-state index contributed by atoms with van der Waals surface area (Å²) in [5.74, 6) is 0.514. The van der Waals surface area contributed by atoms with Gasteiger partial charge in [-0.15, -0.1) is 0 Å². The molecule has 1 amide bonds. The first-order valence-electron chi connectivity index (χ1n) is 3.80. The molecule has 0 saturated heterocycles. The Morgan fingerprint density at radius 2 is 2.08 bits per heavy atom. The Labute approximate surface area is 71.6 Å². The molecule has 0 atom stereocenters. The smallest absolute Gasteiger partial charge is 0.223 e. The number of aryl methyl sites for hydroxylation is 1. The summed E-state index contributed by atoms with van der Waals surface area (Å²) in [5, 5.41) is 2.65. The van der Waals surface area contributed by atoms with E-state index in [0.29, 0.717) is 5.95 Å². The summed E-state index contributed by atoms with van der Waals surface area (Å²) in [5.41, 5.74) is 2.01. The molecular formula is C8H13N3O. The quantitative estimate of drug-likeness (QED) is 0.678. The molecule has 1 rings (SSSR count). The summed E-state index contributed by atoms with van der Waals surface area (Å²) in [6.45, 7) is 5.35. The predicted octanol–water partition coefficient (Wildman–Crippen LogP) is 0.995. The van der Waals surface area contributed by atoms with Crippen LogP contribution in [0.4, 0.5) is 5.95 Å². The van der Waals surface area contributed by atoms with Crippen molar-refractivity contribution in [2.45, 2.75) is 20.8 Å². The Morgan fingerprint density at radius 3 is 2.42 bits per heavy atom. The van der Waals surface area contributed by atoms with Gasteiger partial charge in [0.2, 0.25) is 11.9 Å². The van der Waals surface area contributed by atoms with Crippen LogP contribution in [0.3, 0.4) is 0 Å². The normalized spacial score (nSPS) is 10.0. The highest BCUT2D eigenvalue weighted by Gasteiger charge is 2.07. The Bertz CT molecular complexity index is 314. The van der Waals surface area contributed by atoms with Crippen molar-refractivity contribution < 1.29 is 4.79 Å². The number of hydrogen-bond acceptors (Lipinski definition) is 2. The Balaban J connectivity index is 3.01. The highest BCUT2D eigenvalue weighted by atomic mass is 16.1. The zero-order valence-corrected chi connectivity index (χ0v) is 7.80. The number of nitrogens with one attached hydrogen (secondary N) is 1. The van der Waals surface area contributed by atoms with Crippen LogP contribution in [0.2, 0.25) is 0 Å². The van der Waals surface area contributed by atoms with Gasteiger partial charge in [0.25, 0.3) is 0 Å². The van der Waals surface area contributed by atoms with Crippen molar-refractivity contribution in [2.75, 3.05) is 5.32 Å². The summed E-state index contributed by atoms with van der Waals surface area (Å²) >= 11 is 0. The van der Waals surface area contributed by atoms with Gasteiger partial charge in [-0.1, -0.05) is 0 Å². The number of anilines is 1. The third-order valence-electron chi connectivity index (χ3n) is 1.91. The number of carbonyl (C=O) groups is 1. The fourth-order valence-electron chi connectivity index (χ4n) is 0.986. The summed E-state index contributed by atoms with van der Waals surface area (Å²) in [6.07, 6.45) is 0. The molecule has 0 bridgehead atoms. The first kappa shape index (κ1) is 8.77. The van der Waals surface area contributed by atoms with Gasteiger partial charge in [-0.05, 0) is 13.8 Å². The van der Waals surface area contributed by atoms with Crippen molar-refractivity contribution in [3.05, 3.63) is 11.4 Å². The fraction of sp³-hybridized carbons (Fsp3) is 0.500. The molecule has 1 heterocycles. The summed E-state index contributed by atoms with van der Waals surface area (Å²) in [6, 6.07) is 0. The number of aromatic nitrogens is 2. The van der Waals surface area contributed by atoms with Crippen molar-refractivity contribution in [1.82, 2.24) is 9.55 Å². The average molecular weight is 167 g/mol. The van der Waals surface area contributed by atoms with E-state index < -0.39 is 0 Å². The number of amides is 1. The molecule has 1 N–H and O–H groups in total. The second kappa shape index (κ2) is 2.97. The lowest BCUT2D eigenvalue weighted by Gasteiger charge is -2.01. The van der Waals surface area contributed by atoms with E-state index >= 15 is 0 Å². The van der Waals surface area contributed by atoms with Gasteiger partial charge in [0.1, 0.15) is 0 Å². The predicted molar refractivity (Wildman–Crippen MR) is 47.0 cm³/mol. The monoisotopic (exact) mass is 167 g/mol. The molecule has 0 saturated carbocycles. The summed E-state index contributed by atoms with van der Waals surface area (Å²) in [7, 11) is 1.88. The van der Waals surface area contributed by atoms with Gasteiger partial charge in [-0.3, -0.25) is 10.1 Å². The molecule has 0 aliphatic rings. The van der Waals surface area contributed by atoms with Crippen molar-refractivity contribution in [1.29, 1.82) is 0 Å².